The lowest BCUT2D eigenvalue weighted by Crippen LogP contribution is -2.51. The Bertz CT molecular complexity index is 365. The number of aromatic nitrogens is 1. The number of pyridine rings is 1. The lowest BCUT2D eigenvalue weighted by molar-refractivity contribution is 0.0349. The number of ether oxygens (including phenoxy) is 1. The maximum atomic E-state index is 5.75. The van der Waals surface area contributed by atoms with Crippen molar-refractivity contribution in [2.45, 2.75) is 19.1 Å². The van der Waals surface area contributed by atoms with E-state index in [2.05, 4.69) is 27.3 Å². The molecule has 16 heavy (non-hydrogen) atoms. The fraction of sp³-hybridized carbons (Fsp3) is 0.583. The third-order valence-electron chi connectivity index (χ3n) is 3.42. The zero-order valence-electron chi connectivity index (χ0n) is 9.52. The van der Waals surface area contributed by atoms with Crippen molar-refractivity contribution in [2.75, 3.05) is 31.1 Å². The number of fused-ring (bicyclic) bond motifs is 1. The molecule has 4 nitrogen and oxygen atoms in total. The number of rotatable bonds is 1. The van der Waals surface area contributed by atoms with Crippen molar-refractivity contribution in [3.8, 4) is 0 Å². The quantitative estimate of drug-likeness (QED) is 0.749. The second-order valence-corrected chi connectivity index (χ2v) is 4.49. The molecule has 1 N–H and O–H groups in total. The largest absolute Gasteiger partial charge is 0.373 e. The van der Waals surface area contributed by atoms with Gasteiger partial charge in [0, 0.05) is 25.3 Å². The van der Waals surface area contributed by atoms with Crippen LogP contribution in [-0.4, -0.2) is 43.4 Å². The highest BCUT2D eigenvalue weighted by Gasteiger charge is 2.36. The van der Waals surface area contributed by atoms with Gasteiger partial charge in [-0.25, -0.2) is 0 Å². The van der Waals surface area contributed by atoms with Crippen LogP contribution in [0, 0.1) is 6.92 Å². The number of nitrogens with one attached hydrogen (secondary N) is 1. The van der Waals surface area contributed by atoms with Gasteiger partial charge >= 0.3 is 0 Å². The summed E-state index contributed by atoms with van der Waals surface area (Å²) in [5.41, 5.74) is 2.28. The summed E-state index contributed by atoms with van der Waals surface area (Å²) in [6.45, 7) is 5.78. The monoisotopic (exact) mass is 219 g/mol. The summed E-state index contributed by atoms with van der Waals surface area (Å²) in [5.74, 6) is 0. The van der Waals surface area contributed by atoms with Gasteiger partial charge in [-0.2, -0.15) is 0 Å². The summed E-state index contributed by atoms with van der Waals surface area (Å²) in [6, 6.07) is 4.70. The smallest absolute Gasteiger partial charge is 0.0915 e. The van der Waals surface area contributed by atoms with Crippen LogP contribution in [0.2, 0.25) is 0 Å². The first-order valence-corrected chi connectivity index (χ1v) is 5.86. The minimum atomic E-state index is 0.343. The van der Waals surface area contributed by atoms with Crippen LogP contribution in [0.15, 0.2) is 18.3 Å². The van der Waals surface area contributed by atoms with Gasteiger partial charge in [0.1, 0.15) is 0 Å². The summed E-state index contributed by atoms with van der Waals surface area (Å²) in [6.07, 6.45) is 2.31. The molecule has 0 bridgehead atoms. The predicted molar refractivity (Wildman–Crippen MR) is 62.7 cm³/mol. The van der Waals surface area contributed by atoms with Crippen LogP contribution >= 0.6 is 0 Å². The van der Waals surface area contributed by atoms with Gasteiger partial charge in [0.2, 0.25) is 0 Å². The second kappa shape index (κ2) is 4.03. The van der Waals surface area contributed by atoms with E-state index < -0.39 is 0 Å². The van der Waals surface area contributed by atoms with E-state index in [0.717, 1.165) is 31.9 Å². The highest BCUT2D eigenvalue weighted by atomic mass is 16.5. The molecule has 4 heteroatoms. The van der Waals surface area contributed by atoms with Gasteiger partial charge in [0.15, 0.2) is 0 Å². The summed E-state index contributed by atoms with van der Waals surface area (Å²) < 4.78 is 5.75. The number of anilines is 1. The molecule has 0 spiro atoms. The molecule has 2 unspecified atom stereocenters. The van der Waals surface area contributed by atoms with Crippen molar-refractivity contribution in [1.29, 1.82) is 0 Å². The Kier molecular flexibility index (Phi) is 2.53. The van der Waals surface area contributed by atoms with Crippen LogP contribution in [0.5, 0.6) is 0 Å². The molecule has 0 aromatic carbocycles. The molecular formula is C12H17N3O. The van der Waals surface area contributed by atoms with Gasteiger partial charge in [-0.1, -0.05) is 0 Å². The lowest BCUT2D eigenvalue weighted by atomic mass is 10.1. The van der Waals surface area contributed by atoms with E-state index in [1.807, 2.05) is 13.1 Å². The number of aryl methyl sites for hydroxylation is 1. The Hall–Kier alpha value is -1.13. The molecule has 2 fully saturated rings. The molecule has 0 amide bonds. The van der Waals surface area contributed by atoms with Gasteiger partial charge in [0.05, 0.1) is 30.6 Å². The third kappa shape index (κ3) is 1.68. The topological polar surface area (TPSA) is 37.4 Å². The SMILES string of the molecule is Cc1ccc(N2CCOC3CNCC32)cn1. The molecule has 2 saturated heterocycles. The summed E-state index contributed by atoms with van der Waals surface area (Å²) in [7, 11) is 0. The Labute approximate surface area is 95.6 Å². The molecular weight excluding hydrogens is 202 g/mol. The van der Waals surface area contributed by atoms with Crippen molar-refractivity contribution in [1.82, 2.24) is 10.3 Å². The summed E-state index contributed by atoms with van der Waals surface area (Å²) in [4.78, 5) is 6.78. The molecule has 86 valence electrons. The molecule has 2 aliphatic heterocycles. The zero-order chi connectivity index (χ0) is 11.0. The van der Waals surface area contributed by atoms with E-state index in [-0.39, 0.29) is 0 Å². The number of nitrogens with zero attached hydrogens (tertiary/aromatic N) is 2. The summed E-state index contributed by atoms with van der Waals surface area (Å²) >= 11 is 0. The average Bonchev–Trinajstić information content (AvgIpc) is 2.78. The first-order valence-electron chi connectivity index (χ1n) is 5.86. The normalized spacial score (nSPS) is 29.2. The van der Waals surface area contributed by atoms with E-state index in [1.54, 1.807) is 0 Å². The Morgan fingerprint density at radius 3 is 3.19 bits per heavy atom. The first-order chi connectivity index (χ1) is 7.84. The Morgan fingerprint density at radius 2 is 2.38 bits per heavy atom. The maximum Gasteiger partial charge on any atom is 0.0915 e. The van der Waals surface area contributed by atoms with E-state index in [4.69, 9.17) is 4.74 Å². The van der Waals surface area contributed by atoms with E-state index in [0.29, 0.717) is 12.1 Å². The van der Waals surface area contributed by atoms with E-state index in [9.17, 15) is 0 Å². The van der Waals surface area contributed by atoms with Crippen molar-refractivity contribution in [3.63, 3.8) is 0 Å². The van der Waals surface area contributed by atoms with E-state index >= 15 is 0 Å². The highest BCUT2D eigenvalue weighted by molar-refractivity contribution is 5.47. The highest BCUT2D eigenvalue weighted by Crippen LogP contribution is 2.24. The number of hydrogen-bond donors (Lipinski definition) is 1. The predicted octanol–water partition coefficient (Wildman–Crippen LogP) is 0.567. The fourth-order valence-electron chi connectivity index (χ4n) is 2.54. The maximum absolute atomic E-state index is 5.75. The number of morpholine rings is 1. The van der Waals surface area contributed by atoms with Crippen LogP contribution in [-0.2, 0) is 4.74 Å². The van der Waals surface area contributed by atoms with Crippen molar-refractivity contribution in [2.24, 2.45) is 0 Å². The third-order valence-corrected chi connectivity index (χ3v) is 3.42. The van der Waals surface area contributed by atoms with Crippen molar-refractivity contribution in [3.05, 3.63) is 24.0 Å². The van der Waals surface area contributed by atoms with Crippen LogP contribution in [0.1, 0.15) is 5.69 Å². The van der Waals surface area contributed by atoms with Gasteiger partial charge in [0.25, 0.3) is 0 Å². The minimum Gasteiger partial charge on any atom is -0.373 e. The number of hydrogen-bond acceptors (Lipinski definition) is 4. The molecule has 0 aliphatic carbocycles. The van der Waals surface area contributed by atoms with Gasteiger partial charge in [-0.05, 0) is 19.1 Å². The van der Waals surface area contributed by atoms with Crippen LogP contribution < -0.4 is 10.2 Å². The standard InChI is InChI=1S/C12H17N3O/c1-9-2-3-10(6-14-9)15-4-5-16-12-8-13-7-11(12)15/h2-3,6,11-13H,4-5,7-8H2,1H3. The van der Waals surface area contributed by atoms with Gasteiger partial charge in [-0.3, -0.25) is 4.98 Å². The Morgan fingerprint density at radius 1 is 1.44 bits per heavy atom. The lowest BCUT2D eigenvalue weighted by Gasteiger charge is -2.38. The molecule has 3 heterocycles. The minimum absolute atomic E-state index is 0.343. The molecule has 3 rings (SSSR count). The van der Waals surface area contributed by atoms with Crippen LogP contribution in [0.25, 0.3) is 0 Å². The van der Waals surface area contributed by atoms with Gasteiger partial charge < -0.3 is 15.0 Å². The molecule has 2 aliphatic rings. The summed E-state index contributed by atoms with van der Waals surface area (Å²) in [5, 5.41) is 3.39. The first kappa shape index (κ1) is 10.1. The fourth-order valence-corrected chi connectivity index (χ4v) is 2.54. The Balaban J connectivity index is 1.85. The second-order valence-electron chi connectivity index (χ2n) is 4.49. The molecule has 1 aromatic rings. The van der Waals surface area contributed by atoms with Crippen LogP contribution in [0.3, 0.4) is 0 Å². The van der Waals surface area contributed by atoms with E-state index in [1.165, 1.54) is 5.69 Å². The van der Waals surface area contributed by atoms with Crippen molar-refractivity contribution < 1.29 is 4.74 Å². The molecule has 0 radical (unpaired) electrons. The molecule has 1 aromatic heterocycles. The van der Waals surface area contributed by atoms with Crippen molar-refractivity contribution >= 4 is 5.69 Å². The van der Waals surface area contributed by atoms with Gasteiger partial charge in [-0.15, -0.1) is 0 Å². The zero-order valence-corrected chi connectivity index (χ0v) is 9.52. The molecule has 0 saturated carbocycles. The molecule has 2 atom stereocenters. The van der Waals surface area contributed by atoms with Crippen LogP contribution in [0.4, 0.5) is 5.69 Å². The average molecular weight is 219 g/mol.